The predicted molar refractivity (Wildman–Crippen MR) is 103 cm³/mol. The topological polar surface area (TPSA) is 79.3 Å². The van der Waals surface area contributed by atoms with Crippen LogP contribution in [0.3, 0.4) is 0 Å². The number of rotatable bonds is 6. The Balaban J connectivity index is 1.88. The zero-order chi connectivity index (χ0) is 20.1. The van der Waals surface area contributed by atoms with E-state index in [9.17, 15) is 19.1 Å². The van der Waals surface area contributed by atoms with Gasteiger partial charge in [0.2, 0.25) is 0 Å². The molecule has 0 bridgehead atoms. The number of hydrogen-bond donors (Lipinski definition) is 2. The van der Waals surface area contributed by atoms with E-state index in [1.807, 2.05) is 19.1 Å². The molecule has 0 saturated carbocycles. The number of aryl methyl sites for hydroxylation is 1. The monoisotopic (exact) mass is 378 g/mol. The molecule has 142 valence electrons. The second kappa shape index (κ2) is 8.43. The molecule has 0 fully saturated rings. The number of halogens is 1. The van der Waals surface area contributed by atoms with Crippen molar-refractivity contribution in [3.63, 3.8) is 0 Å². The van der Waals surface area contributed by atoms with Crippen LogP contribution in [0.4, 0.5) is 4.39 Å². The number of nitrogens with one attached hydrogen (secondary N) is 1. The Morgan fingerprint density at radius 3 is 2.46 bits per heavy atom. The van der Waals surface area contributed by atoms with Crippen LogP contribution in [0.5, 0.6) is 0 Å². The van der Waals surface area contributed by atoms with E-state index >= 15 is 0 Å². The average molecular weight is 378 g/mol. The molecule has 2 N–H and O–H groups in total. The zero-order valence-electron chi connectivity index (χ0n) is 15.2. The fourth-order valence-corrected chi connectivity index (χ4v) is 3.00. The van der Waals surface area contributed by atoms with Gasteiger partial charge in [-0.1, -0.05) is 42.5 Å². The Morgan fingerprint density at radius 2 is 1.75 bits per heavy atom. The van der Waals surface area contributed by atoms with E-state index in [1.165, 1.54) is 12.1 Å². The number of aliphatic carboxylic acids is 1. The van der Waals surface area contributed by atoms with E-state index in [0.29, 0.717) is 5.69 Å². The summed E-state index contributed by atoms with van der Waals surface area (Å²) in [5.41, 5.74) is 2.31. The molecule has 1 amide bonds. The van der Waals surface area contributed by atoms with Crippen molar-refractivity contribution in [1.29, 1.82) is 0 Å². The third kappa shape index (κ3) is 4.40. The van der Waals surface area contributed by atoms with Gasteiger partial charge in [0.25, 0.3) is 5.91 Å². The second-order valence-electron chi connectivity index (χ2n) is 6.37. The molecule has 0 spiro atoms. The van der Waals surface area contributed by atoms with Crippen molar-refractivity contribution in [2.45, 2.75) is 19.4 Å². The summed E-state index contributed by atoms with van der Waals surface area (Å²) >= 11 is 0. The number of amides is 1. The zero-order valence-corrected chi connectivity index (χ0v) is 15.2. The van der Waals surface area contributed by atoms with Crippen LogP contribution in [-0.2, 0) is 4.79 Å². The van der Waals surface area contributed by atoms with Gasteiger partial charge in [0.15, 0.2) is 0 Å². The largest absolute Gasteiger partial charge is 0.481 e. The molecule has 3 rings (SSSR count). The first-order valence-electron chi connectivity index (χ1n) is 8.76. The Kier molecular flexibility index (Phi) is 5.79. The Bertz CT molecular complexity index is 1020. The minimum Gasteiger partial charge on any atom is -0.481 e. The molecule has 5 nitrogen and oxygen atoms in total. The normalized spacial score (nSPS) is 11.6. The molecule has 1 unspecified atom stereocenters. The number of pyridine rings is 1. The van der Waals surface area contributed by atoms with Crippen molar-refractivity contribution in [2.24, 2.45) is 0 Å². The summed E-state index contributed by atoms with van der Waals surface area (Å²) in [5, 5.41) is 12.0. The summed E-state index contributed by atoms with van der Waals surface area (Å²) in [7, 11) is 0. The summed E-state index contributed by atoms with van der Waals surface area (Å²) in [5.74, 6) is -1.98. The van der Waals surface area contributed by atoms with Gasteiger partial charge in [0, 0.05) is 5.56 Å². The lowest BCUT2D eigenvalue weighted by Gasteiger charge is -2.19. The molecule has 0 aliphatic rings. The molecule has 1 heterocycles. The van der Waals surface area contributed by atoms with E-state index in [2.05, 4.69) is 10.3 Å². The standard InChI is InChI=1S/C22H19FN2O3/c1-14-7-2-3-8-15(14)20(13-21(26)27)25-22(28)19-12-6-11-18(24-19)16-9-4-5-10-17(16)23/h2-12,20H,13H2,1H3,(H,25,28)(H,26,27). The van der Waals surface area contributed by atoms with Gasteiger partial charge in [0.1, 0.15) is 11.5 Å². The number of nitrogens with zero attached hydrogens (tertiary/aromatic N) is 1. The van der Waals surface area contributed by atoms with E-state index in [-0.39, 0.29) is 17.7 Å². The number of benzene rings is 2. The van der Waals surface area contributed by atoms with Crippen LogP contribution in [0, 0.1) is 12.7 Å². The van der Waals surface area contributed by atoms with Crippen LogP contribution in [0.1, 0.15) is 34.1 Å². The first kappa shape index (κ1) is 19.2. The third-order valence-electron chi connectivity index (χ3n) is 4.38. The van der Waals surface area contributed by atoms with Crippen LogP contribution >= 0.6 is 0 Å². The van der Waals surface area contributed by atoms with Gasteiger partial charge in [0.05, 0.1) is 18.2 Å². The molecule has 2 aromatic carbocycles. The van der Waals surface area contributed by atoms with Gasteiger partial charge >= 0.3 is 5.97 Å². The van der Waals surface area contributed by atoms with Gasteiger partial charge in [-0.2, -0.15) is 0 Å². The van der Waals surface area contributed by atoms with Gasteiger partial charge in [-0.15, -0.1) is 0 Å². The lowest BCUT2D eigenvalue weighted by Crippen LogP contribution is -2.31. The summed E-state index contributed by atoms with van der Waals surface area (Å²) in [6, 6.07) is 17.5. The second-order valence-corrected chi connectivity index (χ2v) is 6.37. The number of hydrogen-bond acceptors (Lipinski definition) is 3. The first-order chi connectivity index (χ1) is 13.5. The minimum atomic E-state index is -1.03. The lowest BCUT2D eigenvalue weighted by molar-refractivity contribution is -0.137. The molecule has 1 atom stereocenters. The Hall–Kier alpha value is -3.54. The molecule has 0 radical (unpaired) electrons. The van der Waals surface area contributed by atoms with Crippen molar-refractivity contribution in [1.82, 2.24) is 10.3 Å². The SMILES string of the molecule is Cc1ccccc1C(CC(=O)O)NC(=O)c1cccc(-c2ccccc2F)n1. The third-order valence-corrected chi connectivity index (χ3v) is 4.38. The minimum absolute atomic E-state index is 0.0877. The van der Waals surface area contributed by atoms with E-state index in [4.69, 9.17) is 0 Å². The van der Waals surface area contributed by atoms with Crippen molar-refractivity contribution < 1.29 is 19.1 Å². The van der Waals surface area contributed by atoms with Crippen molar-refractivity contribution in [2.75, 3.05) is 0 Å². The predicted octanol–water partition coefficient (Wildman–Crippen LogP) is 4.14. The van der Waals surface area contributed by atoms with Gasteiger partial charge < -0.3 is 10.4 Å². The fraction of sp³-hybridized carbons (Fsp3) is 0.136. The van der Waals surface area contributed by atoms with Crippen LogP contribution < -0.4 is 5.32 Å². The molecule has 28 heavy (non-hydrogen) atoms. The average Bonchev–Trinajstić information content (AvgIpc) is 2.68. The lowest BCUT2D eigenvalue weighted by atomic mass is 9.98. The number of carbonyl (C=O) groups excluding carboxylic acids is 1. The van der Waals surface area contributed by atoms with Gasteiger partial charge in [-0.05, 0) is 42.3 Å². The van der Waals surface area contributed by atoms with E-state index < -0.39 is 23.7 Å². The van der Waals surface area contributed by atoms with Crippen molar-refractivity contribution >= 4 is 11.9 Å². The molecular formula is C22H19FN2O3. The molecule has 6 heteroatoms. The van der Waals surface area contributed by atoms with Crippen molar-refractivity contribution in [3.8, 4) is 11.3 Å². The fourth-order valence-electron chi connectivity index (χ4n) is 3.00. The number of aromatic nitrogens is 1. The Morgan fingerprint density at radius 1 is 1.04 bits per heavy atom. The molecule has 1 aromatic heterocycles. The maximum absolute atomic E-state index is 14.0. The molecule has 0 aliphatic heterocycles. The Labute approximate surface area is 161 Å². The van der Waals surface area contributed by atoms with Crippen LogP contribution in [0.25, 0.3) is 11.3 Å². The van der Waals surface area contributed by atoms with Gasteiger partial charge in [-0.3, -0.25) is 9.59 Å². The molecular weight excluding hydrogens is 359 g/mol. The number of carboxylic acid groups (broad SMARTS) is 1. The summed E-state index contributed by atoms with van der Waals surface area (Å²) in [4.78, 5) is 28.3. The smallest absolute Gasteiger partial charge is 0.305 e. The summed E-state index contributed by atoms with van der Waals surface area (Å²) < 4.78 is 14.0. The van der Waals surface area contributed by atoms with Gasteiger partial charge in [-0.25, -0.2) is 9.37 Å². The summed E-state index contributed by atoms with van der Waals surface area (Å²) in [6.45, 7) is 1.85. The quantitative estimate of drug-likeness (QED) is 0.676. The van der Waals surface area contributed by atoms with Crippen LogP contribution in [-0.4, -0.2) is 22.0 Å². The molecule has 3 aromatic rings. The van der Waals surface area contributed by atoms with Crippen LogP contribution in [0.2, 0.25) is 0 Å². The highest BCUT2D eigenvalue weighted by Crippen LogP contribution is 2.23. The van der Waals surface area contributed by atoms with Crippen molar-refractivity contribution in [3.05, 3.63) is 89.4 Å². The maximum Gasteiger partial charge on any atom is 0.305 e. The molecule has 0 aliphatic carbocycles. The number of carboxylic acids is 1. The van der Waals surface area contributed by atoms with E-state index in [0.717, 1.165) is 11.1 Å². The summed E-state index contributed by atoms with van der Waals surface area (Å²) in [6.07, 6.45) is -0.260. The molecule has 0 saturated heterocycles. The highest BCUT2D eigenvalue weighted by molar-refractivity contribution is 5.93. The highest BCUT2D eigenvalue weighted by atomic mass is 19.1. The van der Waals surface area contributed by atoms with E-state index in [1.54, 1.807) is 42.5 Å². The number of carbonyl (C=O) groups is 2. The maximum atomic E-state index is 14.0. The first-order valence-corrected chi connectivity index (χ1v) is 8.76. The highest BCUT2D eigenvalue weighted by Gasteiger charge is 2.21. The van der Waals surface area contributed by atoms with Crippen LogP contribution in [0.15, 0.2) is 66.7 Å².